The maximum atomic E-state index is 4.56. The third-order valence-corrected chi connectivity index (χ3v) is 3.30. The van der Waals surface area contributed by atoms with Crippen molar-refractivity contribution < 1.29 is 0 Å². The van der Waals surface area contributed by atoms with E-state index in [1.807, 2.05) is 42.6 Å². The van der Waals surface area contributed by atoms with Crippen molar-refractivity contribution in [2.75, 3.05) is 5.32 Å². The predicted octanol–water partition coefficient (Wildman–Crippen LogP) is 3.16. The summed E-state index contributed by atoms with van der Waals surface area (Å²) in [5, 5.41) is 4.13. The summed E-state index contributed by atoms with van der Waals surface area (Å²) >= 11 is 0. The van der Waals surface area contributed by atoms with Gasteiger partial charge in [-0.15, -0.1) is 0 Å². The Hall–Kier alpha value is -3.28. The molecular weight excluding hydrogens is 276 g/mol. The lowest BCUT2D eigenvalue weighted by molar-refractivity contribution is 1.15. The summed E-state index contributed by atoms with van der Waals surface area (Å²) in [6.45, 7) is 0. The molecule has 0 aliphatic heterocycles. The first-order chi connectivity index (χ1) is 10.9. The van der Waals surface area contributed by atoms with E-state index < -0.39 is 0 Å². The molecule has 0 fully saturated rings. The molecule has 0 aliphatic carbocycles. The van der Waals surface area contributed by atoms with Gasteiger partial charge >= 0.3 is 0 Å². The van der Waals surface area contributed by atoms with Crippen molar-refractivity contribution in [3.8, 4) is 11.3 Å². The van der Waals surface area contributed by atoms with E-state index in [1.54, 1.807) is 18.6 Å². The zero-order valence-corrected chi connectivity index (χ0v) is 11.6. The fraction of sp³-hybridized carbons (Fsp3) is 0. The van der Waals surface area contributed by atoms with E-state index in [2.05, 4.69) is 30.2 Å². The van der Waals surface area contributed by atoms with Gasteiger partial charge in [-0.3, -0.25) is 0 Å². The number of hydrogen-bond acceptors (Lipinski definition) is 5. The van der Waals surface area contributed by atoms with E-state index in [9.17, 15) is 0 Å². The van der Waals surface area contributed by atoms with Crippen LogP contribution in [0.1, 0.15) is 0 Å². The van der Waals surface area contributed by atoms with Crippen LogP contribution >= 0.6 is 0 Å². The normalized spacial score (nSPS) is 10.7. The summed E-state index contributed by atoms with van der Waals surface area (Å²) in [7, 11) is 0. The molecular formula is C16H12N6. The van der Waals surface area contributed by atoms with Crippen LogP contribution in [0.5, 0.6) is 0 Å². The number of rotatable bonds is 3. The van der Waals surface area contributed by atoms with Crippen LogP contribution in [-0.2, 0) is 0 Å². The van der Waals surface area contributed by atoms with Gasteiger partial charge in [0.1, 0.15) is 11.5 Å². The van der Waals surface area contributed by atoms with Crippen LogP contribution in [0, 0.1) is 0 Å². The molecule has 0 radical (unpaired) electrons. The molecule has 6 nitrogen and oxygen atoms in total. The molecule has 0 saturated heterocycles. The number of anilines is 2. The number of nitrogens with zero attached hydrogens (tertiary/aromatic N) is 4. The van der Waals surface area contributed by atoms with E-state index in [4.69, 9.17) is 0 Å². The summed E-state index contributed by atoms with van der Waals surface area (Å²) in [4.78, 5) is 20.4. The summed E-state index contributed by atoms with van der Waals surface area (Å²) in [5.41, 5.74) is 2.69. The summed E-state index contributed by atoms with van der Waals surface area (Å²) in [5.74, 6) is 1.22. The molecule has 2 N–H and O–H groups in total. The molecule has 0 bridgehead atoms. The number of aromatic nitrogens is 5. The minimum atomic E-state index is 0.511. The molecule has 0 saturated carbocycles. The van der Waals surface area contributed by atoms with Gasteiger partial charge < -0.3 is 10.3 Å². The molecule has 4 heterocycles. The molecule has 22 heavy (non-hydrogen) atoms. The zero-order valence-electron chi connectivity index (χ0n) is 11.6. The van der Waals surface area contributed by atoms with Crippen LogP contribution in [0.25, 0.3) is 22.3 Å². The minimum Gasteiger partial charge on any atom is -0.346 e. The van der Waals surface area contributed by atoms with Crippen molar-refractivity contribution in [2.24, 2.45) is 0 Å². The highest BCUT2D eigenvalue weighted by Crippen LogP contribution is 2.25. The Balaban J connectivity index is 1.74. The third kappa shape index (κ3) is 2.26. The number of H-pyrrole nitrogens is 1. The molecule has 0 aliphatic rings. The van der Waals surface area contributed by atoms with Crippen molar-refractivity contribution >= 4 is 22.8 Å². The fourth-order valence-electron chi connectivity index (χ4n) is 2.30. The molecule has 4 aromatic rings. The fourth-order valence-corrected chi connectivity index (χ4v) is 2.30. The van der Waals surface area contributed by atoms with E-state index in [1.165, 1.54) is 0 Å². The highest BCUT2D eigenvalue weighted by molar-refractivity contribution is 5.91. The van der Waals surface area contributed by atoms with E-state index in [0.29, 0.717) is 11.8 Å². The van der Waals surface area contributed by atoms with Gasteiger partial charge in [-0.25, -0.2) is 19.9 Å². The van der Waals surface area contributed by atoms with Gasteiger partial charge in [-0.1, -0.05) is 6.07 Å². The first-order valence-corrected chi connectivity index (χ1v) is 6.84. The largest absolute Gasteiger partial charge is 0.346 e. The predicted molar refractivity (Wildman–Crippen MR) is 84.6 cm³/mol. The average molecular weight is 288 g/mol. The number of aromatic amines is 1. The van der Waals surface area contributed by atoms with Crippen molar-refractivity contribution in [3.63, 3.8) is 0 Å². The monoisotopic (exact) mass is 288 g/mol. The highest BCUT2D eigenvalue weighted by atomic mass is 15.1. The lowest BCUT2D eigenvalue weighted by Crippen LogP contribution is -1.99. The maximum absolute atomic E-state index is 4.56. The number of fused-ring (bicyclic) bond motifs is 1. The van der Waals surface area contributed by atoms with E-state index in [0.717, 1.165) is 22.3 Å². The topological polar surface area (TPSA) is 79.4 Å². The Morgan fingerprint density at radius 2 is 1.82 bits per heavy atom. The van der Waals surface area contributed by atoms with Crippen LogP contribution < -0.4 is 5.32 Å². The van der Waals surface area contributed by atoms with Gasteiger partial charge in [0, 0.05) is 35.7 Å². The van der Waals surface area contributed by atoms with Gasteiger partial charge in [0.05, 0.1) is 5.69 Å². The Morgan fingerprint density at radius 3 is 2.73 bits per heavy atom. The molecule has 0 spiro atoms. The molecule has 6 heteroatoms. The van der Waals surface area contributed by atoms with Crippen LogP contribution in [0.2, 0.25) is 0 Å². The molecule has 0 aromatic carbocycles. The van der Waals surface area contributed by atoms with Gasteiger partial charge in [0.15, 0.2) is 0 Å². The molecule has 4 rings (SSSR count). The Kier molecular flexibility index (Phi) is 2.97. The van der Waals surface area contributed by atoms with E-state index >= 15 is 0 Å². The number of pyridine rings is 2. The smallest absolute Gasteiger partial charge is 0.228 e. The van der Waals surface area contributed by atoms with Crippen LogP contribution in [-0.4, -0.2) is 24.9 Å². The first kappa shape index (κ1) is 12.5. The van der Waals surface area contributed by atoms with E-state index in [-0.39, 0.29) is 0 Å². The van der Waals surface area contributed by atoms with Crippen molar-refractivity contribution in [1.82, 2.24) is 24.9 Å². The second-order valence-corrected chi connectivity index (χ2v) is 4.70. The van der Waals surface area contributed by atoms with Crippen LogP contribution in [0.3, 0.4) is 0 Å². The van der Waals surface area contributed by atoms with Crippen molar-refractivity contribution in [1.29, 1.82) is 0 Å². The first-order valence-electron chi connectivity index (χ1n) is 6.84. The molecule has 106 valence electrons. The molecule has 0 unspecified atom stereocenters. The van der Waals surface area contributed by atoms with Crippen molar-refractivity contribution in [2.45, 2.75) is 0 Å². The standard InChI is InChI=1S/C16H12N6/c1-2-7-17-14(3-1)22-16-20-10-6-13(21-16)11-4-8-18-15-12(11)5-9-19-15/h1-10H,(H,18,19)(H,17,20,21,22). The van der Waals surface area contributed by atoms with Crippen LogP contribution in [0.4, 0.5) is 11.8 Å². The summed E-state index contributed by atoms with van der Waals surface area (Å²) in [6, 6.07) is 11.5. The lowest BCUT2D eigenvalue weighted by atomic mass is 10.1. The quantitative estimate of drug-likeness (QED) is 0.605. The van der Waals surface area contributed by atoms with Gasteiger partial charge in [0.25, 0.3) is 0 Å². The Bertz CT molecular complexity index is 916. The lowest BCUT2D eigenvalue weighted by Gasteiger charge is -2.06. The summed E-state index contributed by atoms with van der Waals surface area (Å²) < 4.78 is 0. The zero-order chi connectivity index (χ0) is 14.8. The minimum absolute atomic E-state index is 0.511. The summed E-state index contributed by atoms with van der Waals surface area (Å²) in [6.07, 6.45) is 7.09. The van der Waals surface area contributed by atoms with Gasteiger partial charge in [-0.2, -0.15) is 0 Å². The maximum Gasteiger partial charge on any atom is 0.228 e. The number of nitrogens with one attached hydrogen (secondary N) is 2. The third-order valence-electron chi connectivity index (χ3n) is 3.30. The van der Waals surface area contributed by atoms with Crippen molar-refractivity contribution in [3.05, 3.63) is 61.2 Å². The molecule has 0 amide bonds. The molecule has 4 aromatic heterocycles. The van der Waals surface area contributed by atoms with Crippen LogP contribution in [0.15, 0.2) is 61.2 Å². The average Bonchev–Trinajstić information content (AvgIpc) is 3.04. The Labute approximate surface area is 126 Å². The molecule has 0 atom stereocenters. The highest BCUT2D eigenvalue weighted by Gasteiger charge is 2.08. The van der Waals surface area contributed by atoms with Gasteiger partial charge in [0.2, 0.25) is 5.95 Å². The SMILES string of the molecule is c1ccc(Nc2nccc(-c3ccnc4[nH]ccc34)n2)nc1. The Morgan fingerprint density at radius 1 is 0.864 bits per heavy atom. The van der Waals surface area contributed by atoms with Gasteiger partial charge in [-0.05, 0) is 30.3 Å². The number of hydrogen-bond donors (Lipinski definition) is 2. The second-order valence-electron chi connectivity index (χ2n) is 4.70. The second kappa shape index (κ2) is 5.25.